The van der Waals surface area contributed by atoms with Gasteiger partial charge in [-0.3, -0.25) is 0 Å². The molecule has 0 spiro atoms. The Bertz CT molecular complexity index is 2060. The Morgan fingerprint density at radius 2 is 1.14 bits per heavy atom. The van der Waals surface area contributed by atoms with Crippen LogP contribution in [0.4, 0.5) is 0 Å². The molecule has 0 fully saturated rings. The highest BCUT2D eigenvalue weighted by Gasteiger charge is 2.22. The van der Waals surface area contributed by atoms with Crippen molar-refractivity contribution in [3.63, 3.8) is 0 Å². The monoisotopic (exact) mass is 565 g/mol. The molecule has 3 heteroatoms. The molecule has 2 atom stereocenters. The van der Waals surface area contributed by atoms with Crippen LogP contribution in [0.1, 0.15) is 24.1 Å². The third kappa shape index (κ3) is 4.63. The molecule has 8 rings (SSSR count). The standard InChI is InChI=1S/C41H31N3/c1-28-20-21-32(38-27-37(30-12-4-2-5-13-30)42-41(43-38)31-14-6-3-7-15-31)26-36(28)29-22-24-33(25-23-29)44-39-18-10-8-16-34(39)35-17-9-11-19-40(35)44/h2-28,36H,1H3/t28-,36?/m1/s1. The zero-order valence-corrected chi connectivity index (χ0v) is 24.5. The summed E-state index contributed by atoms with van der Waals surface area (Å²) in [5, 5.41) is 2.56. The van der Waals surface area contributed by atoms with Crippen LogP contribution in [-0.4, -0.2) is 14.5 Å². The van der Waals surface area contributed by atoms with Crippen molar-refractivity contribution in [3.05, 3.63) is 169 Å². The maximum atomic E-state index is 5.08. The minimum Gasteiger partial charge on any atom is -0.309 e. The maximum absolute atomic E-state index is 5.08. The van der Waals surface area contributed by atoms with Crippen LogP contribution >= 0.6 is 0 Å². The predicted molar refractivity (Wildman–Crippen MR) is 183 cm³/mol. The van der Waals surface area contributed by atoms with E-state index in [4.69, 9.17) is 9.97 Å². The van der Waals surface area contributed by atoms with Crippen LogP contribution in [-0.2, 0) is 0 Å². The third-order valence-corrected chi connectivity index (χ3v) is 8.74. The molecule has 1 aliphatic rings. The number of allylic oxidation sites excluding steroid dienone is 4. The van der Waals surface area contributed by atoms with E-state index < -0.39 is 0 Å². The fourth-order valence-corrected chi connectivity index (χ4v) is 6.46. The smallest absolute Gasteiger partial charge is 0.160 e. The number of para-hydroxylation sites is 2. The molecule has 0 saturated carbocycles. The van der Waals surface area contributed by atoms with Gasteiger partial charge in [-0.25, -0.2) is 9.97 Å². The molecule has 0 amide bonds. The molecule has 0 radical (unpaired) electrons. The topological polar surface area (TPSA) is 30.7 Å². The average molecular weight is 566 g/mol. The summed E-state index contributed by atoms with van der Waals surface area (Å²) in [6.45, 7) is 2.29. The van der Waals surface area contributed by atoms with Crippen molar-refractivity contribution in [2.75, 3.05) is 0 Å². The Balaban J connectivity index is 1.19. The quantitative estimate of drug-likeness (QED) is 0.208. The summed E-state index contributed by atoms with van der Waals surface area (Å²) in [6.07, 6.45) is 6.92. The van der Waals surface area contributed by atoms with Crippen LogP contribution in [0.25, 0.3) is 55.7 Å². The summed E-state index contributed by atoms with van der Waals surface area (Å²) in [6, 6.07) is 49.1. The second kappa shape index (κ2) is 10.9. The molecule has 0 N–H and O–H groups in total. The summed E-state index contributed by atoms with van der Waals surface area (Å²) >= 11 is 0. The highest BCUT2D eigenvalue weighted by Crippen LogP contribution is 2.37. The molecule has 1 aliphatic carbocycles. The van der Waals surface area contributed by atoms with E-state index in [2.05, 4.69) is 145 Å². The van der Waals surface area contributed by atoms with Gasteiger partial charge >= 0.3 is 0 Å². The van der Waals surface area contributed by atoms with Gasteiger partial charge in [0, 0.05) is 33.5 Å². The van der Waals surface area contributed by atoms with E-state index in [9.17, 15) is 0 Å². The maximum Gasteiger partial charge on any atom is 0.160 e. The first kappa shape index (κ1) is 26.1. The molecule has 7 aromatic rings. The summed E-state index contributed by atoms with van der Waals surface area (Å²) in [5.74, 6) is 1.33. The van der Waals surface area contributed by atoms with Crippen molar-refractivity contribution in [2.45, 2.75) is 12.8 Å². The fraction of sp³-hybridized carbons (Fsp3) is 0.0732. The molecule has 0 saturated heterocycles. The number of rotatable bonds is 5. The number of benzene rings is 5. The number of aromatic nitrogens is 3. The Morgan fingerprint density at radius 3 is 1.80 bits per heavy atom. The van der Waals surface area contributed by atoms with Crippen molar-refractivity contribution >= 4 is 27.4 Å². The molecular weight excluding hydrogens is 534 g/mol. The summed E-state index contributed by atoms with van der Waals surface area (Å²) in [4.78, 5) is 10.1. The van der Waals surface area contributed by atoms with Gasteiger partial charge in [0.1, 0.15) is 0 Å². The molecule has 1 unspecified atom stereocenters. The number of hydrogen-bond acceptors (Lipinski definition) is 2. The van der Waals surface area contributed by atoms with E-state index in [1.54, 1.807) is 0 Å². The molecule has 210 valence electrons. The first-order valence-corrected chi connectivity index (χ1v) is 15.2. The Morgan fingerprint density at radius 1 is 0.568 bits per heavy atom. The van der Waals surface area contributed by atoms with E-state index >= 15 is 0 Å². The number of fused-ring (bicyclic) bond motifs is 3. The lowest BCUT2D eigenvalue weighted by molar-refractivity contribution is 0.637. The van der Waals surface area contributed by atoms with Crippen LogP contribution in [0, 0.1) is 5.92 Å². The molecular formula is C41H31N3. The summed E-state index contributed by atoms with van der Waals surface area (Å²) in [7, 11) is 0. The Labute approximate surface area is 257 Å². The van der Waals surface area contributed by atoms with Crippen LogP contribution in [0.2, 0.25) is 0 Å². The lowest BCUT2D eigenvalue weighted by Crippen LogP contribution is -2.10. The van der Waals surface area contributed by atoms with Gasteiger partial charge < -0.3 is 4.57 Å². The zero-order chi connectivity index (χ0) is 29.5. The second-order valence-corrected chi connectivity index (χ2v) is 11.5. The third-order valence-electron chi connectivity index (χ3n) is 8.74. The molecule has 44 heavy (non-hydrogen) atoms. The minimum absolute atomic E-state index is 0.234. The van der Waals surface area contributed by atoms with Crippen molar-refractivity contribution in [1.82, 2.24) is 14.5 Å². The van der Waals surface area contributed by atoms with E-state index in [0.29, 0.717) is 5.92 Å². The average Bonchev–Trinajstić information content (AvgIpc) is 3.44. The van der Waals surface area contributed by atoms with Gasteiger partial charge in [0.2, 0.25) is 0 Å². The first-order chi connectivity index (χ1) is 21.7. The van der Waals surface area contributed by atoms with Crippen molar-refractivity contribution in [2.24, 2.45) is 5.92 Å². The fourth-order valence-electron chi connectivity index (χ4n) is 6.46. The summed E-state index contributed by atoms with van der Waals surface area (Å²) in [5.41, 5.74) is 10.00. The first-order valence-electron chi connectivity index (χ1n) is 15.2. The summed E-state index contributed by atoms with van der Waals surface area (Å²) < 4.78 is 2.37. The van der Waals surface area contributed by atoms with Crippen molar-refractivity contribution in [1.29, 1.82) is 0 Å². The van der Waals surface area contributed by atoms with Gasteiger partial charge in [-0.05, 0) is 47.4 Å². The molecule has 0 bridgehead atoms. The van der Waals surface area contributed by atoms with Crippen LogP contribution in [0.3, 0.4) is 0 Å². The zero-order valence-electron chi connectivity index (χ0n) is 24.5. The van der Waals surface area contributed by atoms with E-state index in [0.717, 1.165) is 33.9 Å². The predicted octanol–water partition coefficient (Wildman–Crippen LogP) is 10.3. The van der Waals surface area contributed by atoms with Gasteiger partial charge in [-0.1, -0.05) is 134 Å². The number of hydrogen-bond donors (Lipinski definition) is 0. The van der Waals surface area contributed by atoms with Crippen LogP contribution in [0.5, 0.6) is 0 Å². The second-order valence-electron chi connectivity index (χ2n) is 11.5. The molecule has 5 aromatic carbocycles. The highest BCUT2D eigenvalue weighted by molar-refractivity contribution is 6.09. The normalized spacial score (nSPS) is 16.3. The Kier molecular flexibility index (Phi) is 6.49. The van der Waals surface area contributed by atoms with Gasteiger partial charge in [-0.15, -0.1) is 0 Å². The molecule has 0 aliphatic heterocycles. The lowest BCUT2D eigenvalue weighted by Gasteiger charge is -2.24. The Hall–Kier alpha value is -5.54. The molecule has 3 nitrogen and oxygen atoms in total. The molecule has 2 aromatic heterocycles. The van der Waals surface area contributed by atoms with Crippen molar-refractivity contribution in [3.8, 4) is 28.3 Å². The van der Waals surface area contributed by atoms with Crippen molar-refractivity contribution < 1.29 is 0 Å². The van der Waals surface area contributed by atoms with Gasteiger partial charge in [0.05, 0.1) is 22.4 Å². The molecule has 2 heterocycles. The minimum atomic E-state index is 0.234. The van der Waals surface area contributed by atoms with Gasteiger partial charge in [0.25, 0.3) is 0 Å². The lowest BCUT2D eigenvalue weighted by atomic mass is 9.81. The van der Waals surface area contributed by atoms with Gasteiger partial charge in [-0.2, -0.15) is 0 Å². The highest BCUT2D eigenvalue weighted by atomic mass is 15.0. The van der Waals surface area contributed by atoms with Gasteiger partial charge in [0.15, 0.2) is 5.82 Å². The van der Waals surface area contributed by atoms with E-state index in [1.165, 1.54) is 33.1 Å². The van der Waals surface area contributed by atoms with E-state index in [1.807, 2.05) is 24.3 Å². The number of nitrogens with zero attached hydrogens (tertiary/aromatic N) is 3. The van der Waals surface area contributed by atoms with Crippen LogP contribution < -0.4 is 0 Å². The largest absolute Gasteiger partial charge is 0.309 e. The SMILES string of the molecule is C[C@@H]1C=CC(c2cc(-c3ccccc3)nc(-c3ccccc3)n2)=CC1c1ccc(-n2c3ccccc3c3ccccc32)cc1. The van der Waals surface area contributed by atoms with Crippen LogP contribution in [0.15, 0.2) is 158 Å². The van der Waals surface area contributed by atoms with E-state index in [-0.39, 0.29) is 5.92 Å².